The van der Waals surface area contributed by atoms with Crippen LogP contribution in [0, 0.1) is 0 Å². The van der Waals surface area contributed by atoms with Crippen molar-refractivity contribution in [2.45, 2.75) is 32.5 Å². The summed E-state index contributed by atoms with van der Waals surface area (Å²) in [7, 11) is 0. The Bertz CT molecular complexity index is 729. The van der Waals surface area contributed by atoms with Gasteiger partial charge in [0.25, 0.3) is 0 Å². The van der Waals surface area contributed by atoms with Crippen molar-refractivity contribution in [3.05, 3.63) is 65.2 Å². The van der Waals surface area contributed by atoms with Gasteiger partial charge in [0, 0.05) is 11.7 Å². The number of carbonyl (C=O) groups is 1. The molecule has 0 spiro atoms. The van der Waals surface area contributed by atoms with E-state index < -0.39 is 17.7 Å². The summed E-state index contributed by atoms with van der Waals surface area (Å²) in [5.41, 5.74) is 0.910. The molecule has 2 aromatic rings. The van der Waals surface area contributed by atoms with Crippen LogP contribution in [0.15, 0.2) is 48.5 Å². The zero-order valence-electron chi connectivity index (χ0n) is 14.1. The van der Waals surface area contributed by atoms with Crippen LogP contribution < -0.4 is 5.32 Å². The third-order valence-electron chi connectivity index (χ3n) is 3.62. The van der Waals surface area contributed by atoms with E-state index in [4.69, 9.17) is 4.74 Å². The zero-order chi connectivity index (χ0) is 18.4. The first kappa shape index (κ1) is 18.8. The van der Waals surface area contributed by atoms with E-state index in [-0.39, 0.29) is 12.6 Å². The lowest BCUT2D eigenvalue weighted by atomic mass is 10.0. The van der Waals surface area contributed by atoms with Gasteiger partial charge in [-0.3, -0.25) is 0 Å². The highest BCUT2D eigenvalue weighted by Gasteiger charge is 2.30. The number of alkyl halides is 3. The first-order valence-electron chi connectivity index (χ1n) is 8.00. The maximum absolute atomic E-state index is 12.8. The fraction of sp³-hybridized carbons (Fsp3) is 0.316. The molecule has 0 aliphatic heterocycles. The molecule has 2 aromatic carbocycles. The summed E-state index contributed by atoms with van der Waals surface area (Å²) in [4.78, 5) is 12.0. The van der Waals surface area contributed by atoms with Crippen molar-refractivity contribution in [1.29, 1.82) is 0 Å². The molecule has 0 saturated heterocycles. The summed E-state index contributed by atoms with van der Waals surface area (Å²) >= 11 is 0. The second-order valence-electron chi connectivity index (χ2n) is 5.71. The summed E-state index contributed by atoms with van der Waals surface area (Å²) in [6, 6.07) is 12.0. The van der Waals surface area contributed by atoms with E-state index in [1.54, 1.807) is 37.3 Å². The Labute approximate surface area is 144 Å². The molecule has 1 unspecified atom stereocenters. The van der Waals surface area contributed by atoms with Crippen LogP contribution in [-0.2, 0) is 17.3 Å². The molecule has 134 valence electrons. The smallest absolute Gasteiger partial charge is 0.416 e. The molecule has 0 fully saturated rings. The molecule has 2 rings (SSSR count). The average Bonchev–Trinajstić information content (AvgIpc) is 2.55. The fourth-order valence-corrected chi connectivity index (χ4v) is 2.54. The Kier molecular flexibility index (Phi) is 6.07. The predicted molar refractivity (Wildman–Crippen MR) is 90.6 cm³/mol. The summed E-state index contributed by atoms with van der Waals surface area (Å²) in [6.07, 6.45) is -3.97. The van der Waals surface area contributed by atoms with Gasteiger partial charge in [-0.15, -0.1) is 0 Å². The van der Waals surface area contributed by atoms with Gasteiger partial charge in [-0.1, -0.05) is 30.3 Å². The summed E-state index contributed by atoms with van der Waals surface area (Å²) in [5, 5.41) is 3.17. The second-order valence-corrected chi connectivity index (χ2v) is 5.71. The van der Waals surface area contributed by atoms with Gasteiger partial charge in [0.1, 0.15) is 0 Å². The van der Waals surface area contributed by atoms with Crippen LogP contribution in [0.2, 0.25) is 0 Å². The van der Waals surface area contributed by atoms with Crippen LogP contribution in [-0.4, -0.2) is 18.6 Å². The molecule has 0 heterocycles. The van der Waals surface area contributed by atoms with E-state index in [0.29, 0.717) is 23.2 Å². The van der Waals surface area contributed by atoms with Gasteiger partial charge in [-0.05, 0) is 44.0 Å². The maximum Gasteiger partial charge on any atom is 0.416 e. The fourth-order valence-electron chi connectivity index (χ4n) is 2.54. The molecule has 25 heavy (non-hydrogen) atoms. The molecule has 0 radical (unpaired) electrons. The molecule has 6 heteroatoms. The number of ether oxygens (including phenoxy) is 1. The lowest BCUT2D eigenvalue weighted by Gasteiger charge is -2.18. The van der Waals surface area contributed by atoms with Gasteiger partial charge in [0.15, 0.2) is 0 Å². The monoisotopic (exact) mass is 351 g/mol. The number of para-hydroxylation sites is 1. The predicted octanol–water partition coefficient (Wildman–Crippen LogP) is 4.93. The van der Waals surface area contributed by atoms with Crippen molar-refractivity contribution in [1.82, 2.24) is 0 Å². The lowest BCUT2D eigenvalue weighted by molar-refractivity contribution is -0.137. The van der Waals surface area contributed by atoms with E-state index in [1.807, 2.05) is 6.92 Å². The minimum absolute atomic E-state index is 0.168. The number of nitrogens with one attached hydrogen (secondary N) is 1. The van der Waals surface area contributed by atoms with E-state index in [2.05, 4.69) is 5.32 Å². The highest BCUT2D eigenvalue weighted by atomic mass is 19.4. The Morgan fingerprint density at radius 2 is 1.88 bits per heavy atom. The van der Waals surface area contributed by atoms with Gasteiger partial charge >= 0.3 is 12.1 Å². The largest absolute Gasteiger partial charge is 0.462 e. The molecular weight excluding hydrogens is 331 g/mol. The third kappa shape index (κ3) is 5.24. The standard InChI is InChI=1S/C19H20F3NO2/c1-3-25-18(24)16-9-4-5-10-17(16)23-13(2)11-14-7-6-8-15(12-14)19(20,21)22/h4-10,12-13,23H,3,11H2,1-2H3. The van der Waals surface area contributed by atoms with Crippen LogP contribution in [0.5, 0.6) is 0 Å². The van der Waals surface area contributed by atoms with Crippen molar-refractivity contribution in [3.63, 3.8) is 0 Å². The SMILES string of the molecule is CCOC(=O)c1ccccc1NC(C)Cc1cccc(C(F)(F)F)c1. The first-order chi connectivity index (χ1) is 11.8. The molecule has 0 aromatic heterocycles. The lowest BCUT2D eigenvalue weighted by Crippen LogP contribution is -2.20. The van der Waals surface area contributed by atoms with Crippen molar-refractivity contribution in [2.75, 3.05) is 11.9 Å². The van der Waals surface area contributed by atoms with Gasteiger partial charge in [-0.2, -0.15) is 13.2 Å². The summed E-state index contributed by atoms with van der Waals surface area (Å²) < 4.78 is 43.4. The molecule has 1 N–H and O–H groups in total. The Morgan fingerprint density at radius 1 is 1.16 bits per heavy atom. The van der Waals surface area contributed by atoms with Crippen LogP contribution >= 0.6 is 0 Å². The maximum atomic E-state index is 12.8. The molecular formula is C19H20F3NO2. The first-order valence-corrected chi connectivity index (χ1v) is 8.00. The van der Waals surface area contributed by atoms with Gasteiger partial charge in [0.05, 0.1) is 17.7 Å². The Balaban J connectivity index is 2.11. The molecule has 0 bridgehead atoms. The number of hydrogen-bond acceptors (Lipinski definition) is 3. The van der Waals surface area contributed by atoms with Crippen molar-refractivity contribution < 1.29 is 22.7 Å². The topological polar surface area (TPSA) is 38.3 Å². The average molecular weight is 351 g/mol. The molecule has 0 aliphatic carbocycles. The van der Waals surface area contributed by atoms with Gasteiger partial charge in [0.2, 0.25) is 0 Å². The number of benzene rings is 2. The van der Waals surface area contributed by atoms with Gasteiger partial charge < -0.3 is 10.1 Å². The Morgan fingerprint density at radius 3 is 2.56 bits per heavy atom. The molecule has 0 aliphatic rings. The van der Waals surface area contributed by atoms with Crippen molar-refractivity contribution in [2.24, 2.45) is 0 Å². The van der Waals surface area contributed by atoms with E-state index in [0.717, 1.165) is 12.1 Å². The van der Waals surface area contributed by atoms with Crippen LogP contribution in [0.3, 0.4) is 0 Å². The molecule has 0 saturated carbocycles. The van der Waals surface area contributed by atoms with E-state index >= 15 is 0 Å². The summed E-state index contributed by atoms with van der Waals surface area (Å²) in [6.45, 7) is 3.85. The molecule has 3 nitrogen and oxygen atoms in total. The third-order valence-corrected chi connectivity index (χ3v) is 3.62. The number of carbonyl (C=O) groups excluding carboxylic acids is 1. The van der Waals surface area contributed by atoms with E-state index in [1.165, 1.54) is 6.07 Å². The van der Waals surface area contributed by atoms with Crippen LogP contribution in [0.1, 0.15) is 35.3 Å². The van der Waals surface area contributed by atoms with Crippen LogP contribution in [0.25, 0.3) is 0 Å². The Hall–Kier alpha value is -2.50. The number of hydrogen-bond donors (Lipinski definition) is 1. The van der Waals surface area contributed by atoms with Gasteiger partial charge in [-0.25, -0.2) is 4.79 Å². The van der Waals surface area contributed by atoms with Crippen molar-refractivity contribution in [3.8, 4) is 0 Å². The normalized spacial score (nSPS) is 12.5. The number of halogens is 3. The number of anilines is 1. The highest BCUT2D eigenvalue weighted by molar-refractivity contribution is 5.95. The minimum Gasteiger partial charge on any atom is -0.462 e. The highest BCUT2D eigenvalue weighted by Crippen LogP contribution is 2.30. The number of esters is 1. The summed E-state index contributed by atoms with van der Waals surface area (Å²) in [5.74, 6) is -0.433. The number of rotatable bonds is 6. The zero-order valence-corrected chi connectivity index (χ0v) is 14.1. The second kappa shape index (κ2) is 8.05. The minimum atomic E-state index is -4.36. The van der Waals surface area contributed by atoms with E-state index in [9.17, 15) is 18.0 Å². The molecule has 0 amide bonds. The van der Waals surface area contributed by atoms with Crippen LogP contribution in [0.4, 0.5) is 18.9 Å². The van der Waals surface area contributed by atoms with Crippen molar-refractivity contribution >= 4 is 11.7 Å². The molecule has 1 atom stereocenters. The quantitative estimate of drug-likeness (QED) is 0.750.